The van der Waals surface area contributed by atoms with Crippen molar-refractivity contribution in [3.05, 3.63) is 27.9 Å². The summed E-state index contributed by atoms with van der Waals surface area (Å²) in [5.41, 5.74) is 3.42. The Hall–Kier alpha value is -0.860. The first-order chi connectivity index (χ1) is 7.18. The molecule has 0 saturated heterocycles. The highest BCUT2D eigenvalue weighted by molar-refractivity contribution is 6.41. The van der Waals surface area contributed by atoms with Crippen LogP contribution in [0, 0.1) is 0 Å². The van der Waals surface area contributed by atoms with Crippen LogP contribution < -0.4 is 5.32 Å². The van der Waals surface area contributed by atoms with Crippen molar-refractivity contribution >= 4 is 39.8 Å². The maximum Gasteiger partial charge on any atom is 0.0691 e. The smallest absolute Gasteiger partial charge is 0.0691 e. The topological polar surface area (TPSA) is 17.0 Å². The second kappa shape index (κ2) is 3.06. The summed E-state index contributed by atoms with van der Waals surface area (Å²) >= 11 is 12.4. The number of aromatic nitrogens is 1. The molecule has 0 radical (unpaired) electrons. The van der Waals surface area contributed by atoms with Gasteiger partial charge >= 0.3 is 0 Å². The number of halogens is 2. The van der Waals surface area contributed by atoms with Crippen molar-refractivity contribution in [1.82, 2.24) is 4.57 Å². The van der Waals surface area contributed by atoms with Gasteiger partial charge in [0.15, 0.2) is 0 Å². The Kier molecular flexibility index (Phi) is 1.91. The molecule has 1 aromatic carbocycles. The molecule has 2 nitrogen and oxygen atoms in total. The predicted octanol–water partition coefficient (Wildman–Crippen LogP) is 3.45. The Morgan fingerprint density at radius 1 is 1.33 bits per heavy atom. The van der Waals surface area contributed by atoms with E-state index < -0.39 is 0 Å². The summed E-state index contributed by atoms with van der Waals surface area (Å²) in [6.45, 7) is 0.938. The van der Waals surface area contributed by atoms with Gasteiger partial charge < -0.3 is 9.88 Å². The maximum absolute atomic E-state index is 6.20. The van der Waals surface area contributed by atoms with E-state index in [1.807, 2.05) is 13.1 Å². The zero-order valence-electron chi connectivity index (χ0n) is 8.27. The molecule has 0 bridgehead atoms. The molecule has 78 valence electrons. The molecule has 1 aliphatic heterocycles. The van der Waals surface area contributed by atoms with Gasteiger partial charge in [0.1, 0.15) is 0 Å². The van der Waals surface area contributed by atoms with E-state index in [1.165, 1.54) is 10.9 Å². The van der Waals surface area contributed by atoms with Gasteiger partial charge in [0.05, 0.1) is 21.2 Å². The van der Waals surface area contributed by atoms with Crippen LogP contribution >= 0.6 is 23.2 Å². The van der Waals surface area contributed by atoms with Crippen molar-refractivity contribution in [2.75, 3.05) is 11.9 Å². The van der Waals surface area contributed by atoms with Crippen molar-refractivity contribution < 1.29 is 0 Å². The van der Waals surface area contributed by atoms with E-state index >= 15 is 0 Å². The first-order valence-corrected chi connectivity index (χ1v) is 5.64. The van der Waals surface area contributed by atoms with Gasteiger partial charge in [-0.15, -0.1) is 0 Å². The van der Waals surface area contributed by atoms with Crippen LogP contribution in [0.5, 0.6) is 0 Å². The van der Waals surface area contributed by atoms with Gasteiger partial charge in [-0.25, -0.2) is 0 Å². The normalized spacial score (nSPS) is 14.3. The second-order valence-corrected chi connectivity index (χ2v) is 4.70. The van der Waals surface area contributed by atoms with Crippen LogP contribution in [0.4, 0.5) is 5.69 Å². The van der Waals surface area contributed by atoms with Crippen molar-refractivity contribution in [3.63, 3.8) is 0 Å². The summed E-state index contributed by atoms with van der Waals surface area (Å²) in [5.74, 6) is 0. The Balaban J connectivity index is 2.55. The van der Waals surface area contributed by atoms with Crippen LogP contribution in [0.3, 0.4) is 0 Å². The van der Waals surface area contributed by atoms with Crippen LogP contribution in [0.1, 0.15) is 5.56 Å². The fourth-order valence-electron chi connectivity index (χ4n) is 2.31. The molecule has 0 atom stereocenters. The average Bonchev–Trinajstić information content (AvgIpc) is 2.51. The Bertz CT molecular complexity index is 557. The number of anilines is 1. The largest absolute Gasteiger partial charge is 0.383 e. The van der Waals surface area contributed by atoms with E-state index in [4.69, 9.17) is 23.2 Å². The van der Waals surface area contributed by atoms with Gasteiger partial charge in [-0.1, -0.05) is 23.2 Å². The molecule has 1 aliphatic rings. The number of nitrogens with zero attached hydrogens (tertiary/aromatic N) is 1. The Morgan fingerprint density at radius 3 is 2.93 bits per heavy atom. The summed E-state index contributed by atoms with van der Waals surface area (Å²) in [6.07, 6.45) is 3.16. The minimum Gasteiger partial charge on any atom is -0.383 e. The van der Waals surface area contributed by atoms with E-state index in [2.05, 4.69) is 16.1 Å². The van der Waals surface area contributed by atoms with E-state index in [-0.39, 0.29) is 0 Å². The molecule has 2 heterocycles. The number of aryl methyl sites for hydroxylation is 1. The molecule has 1 N–H and O–H groups in total. The predicted molar refractivity (Wildman–Crippen MR) is 65.1 cm³/mol. The van der Waals surface area contributed by atoms with E-state index in [9.17, 15) is 0 Å². The third-order valence-electron chi connectivity index (χ3n) is 2.92. The van der Waals surface area contributed by atoms with Crippen LogP contribution in [0.15, 0.2) is 12.3 Å². The molecule has 0 saturated carbocycles. The summed E-state index contributed by atoms with van der Waals surface area (Å²) in [6, 6.07) is 1.81. The fourth-order valence-corrected chi connectivity index (χ4v) is 2.98. The van der Waals surface area contributed by atoms with Gasteiger partial charge in [0, 0.05) is 25.2 Å². The second-order valence-electron chi connectivity index (χ2n) is 3.88. The van der Waals surface area contributed by atoms with Crippen molar-refractivity contribution in [3.8, 4) is 0 Å². The van der Waals surface area contributed by atoms with E-state index in [0.29, 0.717) is 5.02 Å². The van der Waals surface area contributed by atoms with Crippen molar-refractivity contribution in [2.24, 2.45) is 7.05 Å². The highest BCUT2D eigenvalue weighted by atomic mass is 35.5. The number of hydrogen-bond acceptors (Lipinski definition) is 1. The summed E-state index contributed by atoms with van der Waals surface area (Å²) in [5, 5.41) is 5.94. The number of benzene rings is 1. The molecule has 0 amide bonds. The van der Waals surface area contributed by atoms with Gasteiger partial charge in [0.2, 0.25) is 0 Å². The summed E-state index contributed by atoms with van der Waals surface area (Å²) < 4.78 is 2.07. The maximum atomic E-state index is 6.20. The summed E-state index contributed by atoms with van der Waals surface area (Å²) in [7, 11) is 2.01. The van der Waals surface area contributed by atoms with Gasteiger partial charge in [-0.3, -0.25) is 0 Å². The van der Waals surface area contributed by atoms with Crippen molar-refractivity contribution in [2.45, 2.75) is 6.42 Å². The molecule has 4 heteroatoms. The first-order valence-electron chi connectivity index (χ1n) is 4.88. The highest BCUT2D eigenvalue weighted by Crippen LogP contribution is 2.40. The molecule has 0 fully saturated rings. The van der Waals surface area contributed by atoms with Crippen LogP contribution in [0.2, 0.25) is 10.0 Å². The van der Waals surface area contributed by atoms with Crippen LogP contribution in [0.25, 0.3) is 10.9 Å². The van der Waals surface area contributed by atoms with Crippen LogP contribution in [-0.4, -0.2) is 11.1 Å². The molecular formula is C11H10Cl2N2. The lowest BCUT2D eigenvalue weighted by atomic mass is 10.0. The molecule has 0 unspecified atom stereocenters. The zero-order valence-corrected chi connectivity index (χ0v) is 9.78. The van der Waals surface area contributed by atoms with Crippen LogP contribution in [-0.2, 0) is 13.5 Å². The lowest BCUT2D eigenvalue weighted by molar-refractivity contribution is 0.943. The van der Waals surface area contributed by atoms with Crippen molar-refractivity contribution in [1.29, 1.82) is 0 Å². The molecule has 15 heavy (non-hydrogen) atoms. The minimum atomic E-state index is 0.708. The molecular weight excluding hydrogens is 231 g/mol. The molecule has 0 aliphatic carbocycles. The third kappa shape index (κ3) is 1.18. The number of nitrogens with one attached hydrogen (secondary N) is 1. The average molecular weight is 241 g/mol. The Labute approximate surface area is 97.8 Å². The highest BCUT2D eigenvalue weighted by Gasteiger charge is 2.19. The lowest BCUT2D eigenvalue weighted by Crippen LogP contribution is -2.10. The standard InChI is InChI=1S/C11H10Cl2N2/c1-15-5-6-2-3-14-10-7(12)4-8(13)11(15)9(6)10/h4-5,14H,2-3H2,1H3. The van der Waals surface area contributed by atoms with Gasteiger partial charge in [-0.05, 0) is 18.1 Å². The van der Waals surface area contributed by atoms with Gasteiger partial charge in [0.25, 0.3) is 0 Å². The molecule has 2 aromatic rings. The SMILES string of the molecule is Cn1cc2c3c(c(Cl)cc(Cl)c31)NCC2. The van der Waals surface area contributed by atoms with E-state index in [1.54, 1.807) is 0 Å². The number of rotatable bonds is 0. The monoisotopic (exact) mass is 240 g/mol. The summed E-state index contributed by atoms with van der Waals surface area (Å²) in [4.78, 5) is 0. The molecule has 0 spiro atoms. The fraction of sp³-hybridized carbons (Fsp3) is 0.273. The quantitative estimate of drug-likeness (QED) is 0.747. The number of hydrogen-bond donors (Lipinski definition) is 1. The minimum absolute atomic E-state index is 0.708. The van der Waals surface area contributed by atoms with E-state index in [0.717, 1.165) is 29.2 Å². The first kappa shape index (κ1) is 9.37. The Morgan fingerprint density at radius 2 is 2.13 bits per heavy atom. The lowest BCUT2D eigenvalue weighted by Gasteiger charge is -2.16. The third-order valence-corrected chi connectivity index (χ3v) is 3.51. The molecule has 1 aromatic heterocycles. The zero-order chi connectivity index (χ0) is 10.6. The molecule has 3 rings (SSSR count). The van der Waals surface area contributed by atoms with Gasteiger partial charge in [-0.2, -0.15) is 0 Å².